The number of carbonyl (C=O) groups excluding carboxylic acids is 1. The van der Waals surface area contributed by atoms with E-state index in [4.69, 9.17) is 5.11 Å². The zero-order valence-electron chi connectivity index (χ0n) is 13.5. The van der Waals surface area contributed by atoms with E-state index in [9.17, 15) is 9.59 Å². The number of carboxylic acid groups (broad SMARTS) is 1. The number of nitrogens with zero attached hydrogens (tertiary/aromatic N) is 1. The molecule has 0 spiro atoms. The van der Waals surface area contributed by atoms with Crippen LogP contribution < -0.4 is 5.32 Å². The van der Waals surface area contributed by atoms with E-state index in [1.807, 2.05) is 24.4 Å². The largest absolute Gasteiger partial charge is 0.481 e. The molecule has 0 aliphatic rings. The lowest BCUT2D eigenvalue weighted by Gasteiger charge is -2.10. The summed E-state index contributed by atoms with van der Waals surface area (Å²) in [5, 5.41) is 14.6. The van der Waals surface area contributed by atoms with Crippen LogP contribution in [0, 0.1) is 6.92 Å². The Balaban J connectivity index is 1.84. The number of rotatable bonds is 5. The predicted molar refractivity (Wildman–Crippen MR) is 98.0 cm³/mol. The molecule has 126 valence electrons. The first kappa shape index (κ1) is 16.9. The van der Waals surface area contributed by atoms with Gasteiger partial charge in [-0.15, -0.1) is 11.3 Å². The monoisotopic (exact) mass is 352 g/mol. The molecule has 25 heavy (non-hydrogen) atoms. The summed E-state index contributed by atoms with van der Waals surface area (Å²) >= 11 is 1.53. The fourth-order valence-corrected chi connectivity index (χ4v) is 3.23. The van der Waals surface area contributed by atoms with E-state index >= 15 is 0 Å². The number of para-hydroxylation sites is 1. The zero-order valence-corrected chi connectivity index (χ0v) is 14.3. The van der Waals surface area contributed by atoms with Crippen LogP contribution in [0.3, 0.4) is 0 Å². The van der Waals surface area contributed by atoms with Crippen molar-refractivity contribution in [2.75, 3.05) is 5.32 Å². The maximum absolute atomic E-state index is 12.6. The van der Waals surface area contributed by atoms with Gasteiger partial charge >= 0.3 is 5.97 Å². The Kier molecular flexibility index (Phi) is 4.90. The van der Waals surface area contributed by atoms with Crippen LogP contribution in [0.15, 0.2) is 53.9 Å². The Morgan fingerprint density at radius 2 is 1.96 bits per heavy atom. The second-order valence-electron chi connectivity index (χ2n) is 5.56. The first-order valence-corrected chi connectivity index (χ1v) is 8.54. The number of thiazole rings is 1. The molecule has 0 aliphatic carbocycles. The number of amides is 1. The third-order valence-corrected chi connectivity index (χ3v) is 4.61. The van der Waals surface area contributed by atoms with Crippen LogP contribution in [0.1, 0.15) is 21.6 Å². The van der Waals surface area contributed by atoms with Crippen LogP contribution in [0.2, 0.25) is 0 Å². The Morgan fingerprint density at radius 1 is 1.16 bits per heavy atom. The van der Waals surface area contributed by atoms with Gasteiger partial charge in [-0.2, -0.15) is 0 Å². The number of nitrogens with one attached hydrogen (secondary N) is 1. The number of anilines is 1. The summed E-state index contributed by atoms with van der Waals surface area (Å²) in [6.07, 6.45) is -0.144. The molecule has 0 unspecified atom stereocenters. The molecule has 0 fully saturated rings. The van der Waals surface area contributed by atoms with Gasteiger partial charge in [-0.1, -0.05) is 30.3 Å². The third-order valence-electron chi connectivity index (χ3n) is 3.60. The van der Waals surface area contributed by atoms with E-state index in [0.717, 1.165) is 16.3 Å². The number of aryl methyl sites for hydroxylation is 1. The summed E-state index contributed by atoms with van der Waals surface area (Å²) in [4.78, 5) is 28.0. The van der Waals surface area contributed by atoms with Crippen molar-refractivity contribution in [3.8, 4) is 10.6 Å². The number of benzene rings is 2. The average molecular weight is 352 g/mol. The Hall–Kier alpha value is -2.99. The van der Waals surface area contributed by atoms with Crippen molar-refractivity contribution in [1.29, 1.82) is 0 Å². The van der Waals surface area contributed by atoms with Crippen LogP contribution in [0.5, 0.6) is 0 Å². The molecule has 3 rings (SSSR count). The van der Waals surface area contributed by atoms with Crippen LogP contribution in [0.4, 0.5) is 5.69 Å². The van der Waals surface area contributed by atoms with Crippen molar-refractivity contribution in [1.82, 2.24) is 4.98 Å². The zero-order chi connectivity index (χ0) is 17.8. The molecule has 0 radical (unpaired) electrons. The van der Waals surface area contributed by atoms with E-state index < -0.39 is 5.97 Å². The van der Waals surface area contributed by atoms with Crippen LogP contribution in [0.25, 0.3) is 10.6 Å². The molecule has 6 heteroatoms. The summed E-state index contributed by atoms with van der Waals surface area (Å²) in [5.74, 6) is -1.23. The SMILES string of the molecule is Cc1csc(-c2cccc(C(=O)Nc3ccccc3CC(=O)O)c2)n1. The Morgan fingerprint density at radius 3 is 2.68 bits per heavy atom. The maximum atomic E-state index is 12.6. The summed E-state index contributed by atoms with van der Waals surface area (Å²) in [6, 6.07) is 14.1. The number of aliphatic carboxylic acids is 1. The molecule has 2 aromatic carbocycles. The maximum Gasteiger partial charge on any atom is 0.307 e. The van der Waals surface area contributed by atoms with E-state index in [2.05, 4.69) is 10.3 Å². The van der Waals surface area contributed by atoms with Crippen molar-refractivity contribution < 1.29 is 14.7 Å². The highest BCUT2D eigenvalue weighted by atomic mass is 32.1. The van der Waals surface area contributed by atoms with Crippen LogP contribution in [-0.2, 0) is 11.2 Å². The van der Waals surface area contributed by atoms with Crippen molar-refractivity contribution in [2.45, 2.75) is 13.3 Å². The lowest BCUT2D eigenvalue weighted by atomic mass is 10.1. The van der Waals surface area contributed by atoms with E-state index in [-0.39, 0.29) is 12.3 Å². The molecule has 0 saturated carbocycles. The number of hydrogen-bond acceptors (Lipinski definition) is 4. The molecule has 1 aromatic heterocycles. The Bertz CT molecular complexity index is 934. The molecule has 2 N–H and O–H groups in total. The van der Waals surface area contributed by atoms with Gasteiger partial charge in [0.25, 0.3) is 5.91 Å². The molecule has 5 nitrogen and oxygen atoms in total. The standard InChI is InChI=1S/C19H16N2O3S/c1-12-11-25-19(20-12)15-7-4-6-14(9-15)18(24)21-16-8-3-2-5-13(16)10-17(22)23/h2-9,11H,10H2,1H3,(H,21,24)(H,22,23). The fourth-order valence-electron chi connectivity index (χ4n) is 2.43. The summed E-state index contributed by atoms with van der Waals surface area (Å²) in [7, 11) is 0. The summed E-state index contributed by atoms with van der Waals surface area (Å²) < 4.78 is 0. The predicted octanol–water partition coefficient (Wildman–Crippen LogP) is 4.00. The molecular weight excluding hydrogens is 336 g/mol. The number of carbonyl (C=O) groups is 2. The second-order valence-corrected chi connectivity index (χ2v) is 6.41. The molecule has 1 heterocycles. The van der Waals surface area contributed by atoms with Gasteiger partial charge in [0.2, 0.25) is 0 Å². The molecule has 0 atom stereocenters. The molecule has 0 saturated heterocycles. The van der Waals surface area contributed by atoms with Gasteiger partial charge in [-0.05, 0) is 30.7 Å². The lowest BCUT2D eigenvalue weighted by molar-refractivity contribution is -0.136. The normalized spacial score (nSPS) is 10.4. The topological polar surface area (TPSA) is 79.3 Å². The Labute approximate surface area is 149 Å². The van der Waals surface area contributed by atoms with Crippen LogP contribution in [-0.4, -0.2) is 22.0 Å². The lowest BCUT2D eigenvalue weighted by Crippen LogP contribution is -2.14. The average Bonchev–Trinajstić information content (AvgIpc) is 3.03. The van der Waals surface area contributed by atoms with Crippen molar-refractivity contribution in [3.63, 3.8) is 0 Å². The van der Waals surface area contributed by atoms with Gasteiger partial charge in [-0.25, -0.2) is 4.98 Å². The quantitative estimate of drug-likeness (QED) is 0.727. The van der Waals surface area contributed by atoms with Crippen molar-refractivity contribution in [3.05, 3.63) is 70.7 Å². The van der Waals surface area contributed by atoms with Gasteiger partial charge < -0.3 is 10.4 Å². The molecule has 0 bridgehead atoms. The van der Waals surface area contributed by atoms with Gasteiger partial charge in [0, 0.05) is 27.9 Å². The first-order valence-electron chi connectivity index (χ1n) is 7.66. The fraction of sp³-hybridized carbons (Fsp3) is 0.105. The minimum Gasteiger partial charge on any atom is -0.481 e. The molecule has 0 aliphatic heterocycles. The smallest absolute Gasteiger partial charge is 0.307 e. The molecule has 1 amide bonds. The van der Waals surface area contributed by atoms with Crippen LogP contribution >= 0.6 is 11.3 Å². The number of hydrogen-bond donors (Lipinski definition) is 2. The van der Waals surface area contributed by atoms with Gasteiger partial charge in [0.1, 0.15) is 5.01 Å². The highest BCUT2D eigenvalue weighted by Crippen LogP contribution is 2.25. The van der Waals surface area contributed by atoms with E-state index in [0.29, 0.717) is 16.8 Å². The second kappa shape index (κ2) is 7.27. The number of aromatic nitrogens is 1. The van der Waals surface area contributed by atoms with Gasteiger partial charge in [0.05, 0.1) is 6.42 Å². The van der Waals surface area contributed by atoms with Gasteiger partial charge in [-0.3, -0.25) is 9.59 Å². The van der Waals surface area contributed by atoms with E-state index in [1.165, 1.54) is 11.3 Å². The number of carboxylic acids is 1. The first-order chi connectivity index (χ1) is 12.0. The van der Waals surface area contributed by atoms with Crippen molar-refractivity contribution >= 4 is 28.9 Å². The highest BCUT2D eigenvalue weighted by Gasteiger charge is 2.12. The molecule has 3 aromatic rings. The highest BCUT2D eigenvalue weighted by molar-refractivity contribution is 7.13. The van der Waals surface area contributed by atoms with Gasteiger partial charge in [0.15, 0.2) is 0 Å². The minimum atomic E-state index is -0.942. The minimum absolute atomic E-state index is 0.144. The van der Waals surface area contributed by atoms with Crippen molar-refractivity contribution in [2.24, 2.45) is 0 Å². The summed E-state index contributed by atoms with van der Waals surface area (Å²) in [6.45, 7) is 1.93. The summed E-state index contributed by atoms with van der Waals surface area (Å²) in [5.41, 5.74) is 3.39. The third kappa shape index (κ3) is 4.10. The molecular formula is C19H16N2O3S. The van der Waals surface area contributed by atoms with E-state index in [1.54, 1.807) is 36.4 Å².